The maximum absolute atomic E-state index is 12.0. The molecule has 4 nitrogen and oxygen atoms in total. The second kappa shape index (κ2) is 7.92. The van der Waals surface area contributed by atoms with Gasteiger partial charge >= 0.3 is 0 Å². The zero-order valence-electron chi connectivity index (χ0n) is 13.2. The molecule has 0 atom stereocenters. The molecule has 0 aliphatic carbocycles. The molecule has 0 spiro atoms. The molecule has 0 aliphatic heterocycles. The predicted octanol–water partition coefficient (Wildman–Crippen LogP) is 3.72. The van der Waals surface area contributed by atoms with Crippen molar-refractivity contribution in [2.24, 2.45) is 0 Å². The molecule has 1 N–H and O–H groups in total. The van der Waals surface area contributed by atoms with E-state index in [2.05, 4.69) is 21.2 Å². The predicted molar refractivity (Wildman–Crippen MR) is 95.6 cm³/mol. The van der Waals surface area contributed by atoms with Gasteiger partial charge in [-0.3, -0.25) is 9.59 Å². The summed E-state index contributed by atoms with van der Waals surface area (Å²) >= 11 is 3.40. The number of para-hydroxylation sites is 1. The van der Waals surface area contributed by atoms with Gasteiger partial charge < -0.3 is 10.2 Å². The Morgan fingerprint density at radius 3 is 2.30 bits per heavy atom. The van der Waals surface area contributed by atoms with E-state index < -0.39 is 0 Å². The molecule has 0 unspecified atom stereocenters. The first-order chi connectivity index (χ1) is 11.0. The van der Waals surface area contributed by atoms with Crippen LogP contribution >= 0.6 is 15.9 Å². The number of aryl methyl sites for hydroxylation is 1. The zero-order valence-corrected chi connectivity index (χ0v) is 14.8. The average molecular weight is 375 g/mol. The van der Waals surface area contributed by atoms with E-state index in [-0.39, 0.29) is 11.8 Å². The Bertz CT molecular complexity index is 696. The van der Waals surface area contributed by atoms with Gasteiger partial charge in [0.15, 0.2) is 0 Å². The van der Waals surface area contributed by atoms with Crippen molar-refractivity contribution in [3.05, 3.63) is 64.1 Å². The van der Waals surface area contributed by atoms with E-state index in [1.165, 1.54) is 0 Å². The SMILES string of the molecule is CN(C)C(=O)c1ccc(CCC(=O)Nc2ccccc2Br)cc1. The van der Waals surface area contributed by atoms with Crippen molar-refractivity contribution < 1.29 is 9.59 Å². The van der Waals surface area contributed by atoms with Crippen molar-refractivity contribution >= 4 is 33.4 Å². The van der Waals surface area contributed by atoms with Gasteiger partial charge in [0.05, 0.1) is 5.69 Å². The monoisotopic (exact) mass is 374 g/mol. The summed E-state index contributed by atoms with van der Waals surface area (Å²) in [7, 11) is 3.45. The van der Waals surface area contributed by atoms with Crippen LogP contribution in [0.1, 0.15) is 22.3 Å². The lowest BCUT2D eigenvalue weighted by Crippen LogP contribution is -2.21. The van der Waals surface area contributed by atoms with Crippen LogP contribution in [-0.4, -0.2) is 30.8 Å². The van der Waals surface area contributed by atoms with Gasteiger partial charge in [-0.25, -0.2) is 0 Å². The van der Waals surface area contributed by atoms with E-state index in [0.29, 0.717) is 18.4 Å². The zero-order chi connectivity index (χ0) is 16.8. The molecule has 0 fully saturated rings. The first-order valence-electron chi connectivity index (χ1n) is 7.32. The van der Waals surface area contributed by atoms with Crippen molar-refractivity contribution in [2.45, 2.75) is 12.8 Å². The van der Waals surface area contributed by atoms with E-state index in [1.54, 1.807) is 31.1 Å². The molecule has 2 aromatic carbocycles. The summed E-state index contributed by atoms with van der Waals surface area (Å²) in [6.07, 6.45) is 1.02. The van der Waals surface area contributed by atoms with Crippen molar-refractivity contribution in [1.29, 1.82) is 0 Å². The van der Waals surface area contributed by atoms with Crippen LogP contribution in [0.5, 0.6) is 0 Å². The molecule has 0 saturated carbocycles. The molecular weight excluding hydrogens is 356 g/mol. The maximum Gasteiger partial charge on any atom is 0.253 e. The van der Waals surface area contributed by atoms with Crippen LogP contribution < -0.4 is 5.32 Å². The van der Waals surface area contributed by atoms with Gasteiger partial charge in [-0.2, -0.15) is 0 Å². The molecule has 0 aromatic heterocycles. The molecule has 5 heteroatoms. The molecule has 0 saturated heterocycles. The van der Waals surface area contributed by atoms with Crippen molar-refractivity contribution in [1.82, 2.24) is 4.90 Å². The second-order valence-electron chi connectivity index (χ2n) is 5.42. The lowest BCUT2D eigenvalue weighted by atomic mass is 10.1. The number of rotatable bonds is 5. The number of hydrogen-bond donors (Lipinski definition) is 1. The number of nitrogens with zero attached hydrogens (tertiary/aromatic N) is 1. The van der Waals surface area contributed by atoms with Crippen molar-refractivity contribution in [3.63, 3.8) is 0 Å². The number of halogens is 1. The third-order valence-corrected chi connectivity index (χ3v) is 4.09. The summed E-state index contributed by atoms with van der Waals surface area (Å²) < 4.78 is 0.861. The molecule has 0 aliphatic rings. The lowest BCUT2D eigenvalue weighted by molar-refractivity contribution is -0.116. The first-order valence-corrected chi connectivity index (χ1v) is 8.11. The third kappa shape index (κ3) is 4.93. The fourth-order valence-corrected chi connectivity index (χ4v) is 2.49. The minimum atomic E-state index is -0.0367. The van der Waals surface area contributed by atoms with E-state index in [0.717, 1.165) is 15.7 Å². The number of benzene rings is 2. The van der Waals surface area contributed by atoms with Gasteiger partial charge in [0.25, 0.3) is 5.91 Å². The summed E-state index contributed by atoms with van der Waals surface area (Å²) in [5.74, 6) is -0.0615. The summed E-state index contributed by atoms with van der Waals surface area (Å²) in [5.41, 5.74) is 2.45. The quantitative estimate of drug-likeness (QED) is 0.866. The molecule has 2 aromatic rings. The number of carbonyl (C=O) groups is 2. The van der Waals surface area contributed by atoms with Crippen molar-refractivity contribution in [3.8, 4) is 0 Å². The molecule has 2 amide bonds. The minimum absolute atomic E-state index is 0.0248. The van der Waals surface area contributed by atoms with E-state index in [1.807, 2.05) is 36.4 Å². The Morgan fingerprint density at radius 1 is 1.04 bits per heavy atom. The van der Waals surface area contributed by atoms with E-state index >= 15 is 0 Å². The minimum Gasteiger partial charge on any atom is -0.345 e. The molecule has 120 valence electrons. The topological polar surface area (TPSA) is 49.4 Å². The molecule has 0 heterocycles. The van der Waals surface area contributed by atoms with Crippen molar-refractivity contribution in [2.75, 3.05) is 19.4 Å². The normalized spacial score (nSPS) is 10.2. The van der Waals surface area contributed by atoms with Gasteiger partial charge in [-0.1, -0.05) is 24.3 Å². The molecule has 23 heavy (non-hydrogen) atoms. The number of carbonyl (C=O) groups excluding carboxylic acids is 2. The van der Waals surface area contributed by atoms with E-state index in [9.17, 15) is 9.59 Å². The van der Waals surface area contributed by atoms with Crippen LogP contribution in [0.25, 0.3) is 0 Å². The van der Waals surface area contributed by atoms with Crippen LogP contribution in [0.3, 0.4) is 0 Å². The Kier molecular flexibility index (Phi) is 5.93. The van der Waals surface area contributed by atoms with Gasteiger partial charge in [0, 0.05) is 30.6 Å². The summed E-state index contributed by atoms with van der Waals surface area (Å²) in [6.45, 7) is 0. The smallest absolute Gasteiger partial charge is 0.253 e. The highest BCUT2D eigenvalue weighted by molar-refractivity contribution is 9.10. The van der Waals surface area contributed by atoms with Gasteiger partial charge in [-0.05, 0) is 52.2 Å². The van der Waals surface area contributed by atoms with E-state index in [4.69, 9.17) is 0 Å². The highest BCUT2D eigenvalue weighted by atomic mass is 79.9. The van der Waals surface area contributed by atoms with Gasteiger partial charge in [-0.15, -0.1) is 0 Å². The molecule has 0 radical (unpaired) electrons. The van der Waals surface area contributed by atoms with Crippen LogP contribution in [0.2, 0.25) is 0 Å². The summed E-state index contributed by atoms with van der Waals surface area (Å²) in [4.78, 5) is 25.4. The largest absolute Gasteiger partial charge is 0.345 e. The fraction of sp³-hybridized carbons (Fsp3) is 0.222. The fourth-order valence-electron chi connectivity index (χ4n) is 2.11. The Labute approximate surface area is 144 Å². The molecular formula is C18H19BrN2O2. The Balaban J connectivity index is 1.89. The second-order valence-corrected chi connectivity index (χ2v) is 6.28. The van der Waals surface area contributed by atoms with Crippen LogP contribution in [-0.2, 0) is 11.2 Å². The Hall–Kier alpha value is -2.14. The number of hydrogen-bond acceptors (Lipinski definition) is 2. The highest BCUT2D eigenvalue weighted by Gasteiger charge is 2.08. The Morgan fingerprint density at radius 2 is 1.70 bits per heavy atom. The summed E-state index contributed by atoms with van der Waals surface area (Å²) in [6, 6.07) is 14.9. The summed E-state index contributed by atoms with van der Waals surface area (Å²) in [5, 5.41) is 2.88. The average Bonchev–Trinajstić information content (AvgIpc) is 2.55. The van der Waals surface area contributed by atoms with Gasteiger partial charge in [0.1, 0.15) is 0 Å². The molecule has 2 rings (SSSR count). The number of nitrogens with one attached hydrogen (secondary N) is 1. The first kappa shape index (κ1) is 17.2. The number of amides is 2. The maximum atomic E-state index is 12.0. The number of anilines is 1. The van der Waals surface area contributed by atoms with Gasteiger partial charge in [0.2, 0.25) is 5.91 Å². The third-order valence-electron chi connectivity index (χ3n) is 3.40. The van der Waals surface area contributed by atoms with Crippen LogP contribution in [0.15, 0.2) is 53.0 Å². The standard InChI is InChI=1S/C18H19BrN2O2/c1-21(2)18(23)14-10-7-13(8-11-14)9-12-17(22)20-16-6-4-3-5-15(16)19/h3-8,10-11H,9,12H2,1-2H3,(H,20,22). The van der Waals surface area contributed by atoms with Crippen LogP contribution in [0.4, 0.5) is 5.69 Å². The molecule has 0 bridgehead atoms. The highest BCUT2D eigenvalue weighted by Crippen LogP contribution is 2.21. The van der Waals surface area contributed by atoms with Crippen LogP contribution in [0, 0.1) is 0 Å². The lowest BCUT2D eigenvalue weighted by Gasteiger charge is -2.10.